The molecule has 1 fully saturated rings. The van der Waals surface area contributed by atoms with Crippen molar-refractivity contribution in [2.75, 3.05) is 31.6 Å². The molecule has 7 nitrogen and oxygen atoms in total. The van der Waals surface area contributed by atoms with E-state index in [1.54, 1.807) is 10.6 Å². The highest BCUT2D eigenvalue weighted by Gasteiger charge is 2.27. The van der Waals surface area contributed by atoms with Crippen LogP contribution >= 0.6 is 11.3 Å². The highest BCUT2D eigenvalue weighted by Crippen LogP contribution is 2.31. The van der Waals surface area contributed by atoms with E-state index in [4.69, 9.17) is 0 Å². The quantitative estimate of drug-likeness (QED) is 0.687. The highest BCUT2D eigenvalue weighted by atomic mass is 32.1. The number of thiazole rings is 1. The van der Waals surface area contributed by atoms with E-state index in [1.807, 2.05) is 17.3 Å². The molecule has 3 rings (SSSR count). The fraction of sp³-hybridized carbons (Fsp3) is 0.583. The van der Waals surface area contributed by atoms with Crippen LogP contribution in [0, 0.1) is 16.0 Å². The van der Waals surface area contributed by atoms with E-state index in [2.05, 4.69) is 10.3 Å². The van der Waals surface area contributed by atoms with Crippen molar-refractivity contribution in [3.8, 4) is 0 Å². The van der Waals surface area contributed by atoms with Crippen LogP contribution in [0.15, 0.2) is 11.6 Å². The zero-order valence-electron chi connectivity index (χ0n) is 11.3. The van der Waals surface area contributed by atoms with Crippen LogP contribution in [-0.4, -0.2) is 41.0 Å². The second-order valence-electron chi connectivity index (χ2n) is 5.16. The minimum absolute atomic E-state index is 0.0625. The molecular weight excluding hydrogens is 278 g/mol. The molecule has 3 heterocycles. The van der Waals surface area contributed by atoms with Crippen molar-refractivity contribution in [2.24, 2.45) is 5.92 Å². The zero-order chi connectivity index (χ0) is 14.1. The minimum Gasteiger partial charge on any atom is -0.358 e. The predicted molar refractivity (Wildman–Crippen MR) is 78.6 cm³/mol. The summed E-state index contributed by atoms with van der Waals surface area (Å²) >= 11 is 1.41. The van der Waals surface area contributed by atoms with E-state index >= 15 is 0 Å². The summed E-state index contributed by atoms with van der Waals surface area (Å²) in [4.78, 5) is 17.9. The molecule has 0 bridgehead atoms. The van der Waals surface area contributed by atoms with Crippen LogP contribution in [0.5, 0.6) is 0 Å². The standard InChI is InChI=1S/C12H17N5O2S/c1-15(8-9-3-2-4-13-7-9)10-11(17(18)19)16-5-6-20-12(16)14-10/h5-6,9,13H,2-4,7-8H2,1H3. The Kier molecular flexibility index (Phi) is 3.58. The summed E-state index contributed by atoms with van der Waals surface area (Å²) in [6, 6.07) is 0. The monoisotopic (exact) mass is 295 g/mol. The minimum atomic E-state index is -0.350. The van der Waals surface area contributed by atoms with E-state index in [0.29, 0.717) is 16.7 Å². The van der Waals surface area contributed by atoms with Gasteiger partial charge < -0.3 is 20.3 Å². The summed E-state index contributed by atoms with van der Waals surface area (Å²) in [6.07, 6.45) is 4.02. The largest absolute Gasteiger partial charge is 0.373 e. The molecule has 8 heteroatoms. The molecule has 0 saturated carbocycles. The number of nitrogens with zero attached hydrogens (tertiary/aromatic N) is 4. The van der Waals surface area contributed by atoms with Crippen LogP contribution in [0.1, 0.15) is 12.8 Å². The van der Waals surface area contributed by atoms with Crippen LogP contribution < -0.4 is 10.2 Å². The average molecular weight is 295 g/mol. The van der Waals surface area contributed by atoms with Gasteiger partial charge in [0.05, 0.1) is 0 Å². The third kappa shape index (κ3) is 2.36. The van der Waals surface area contributed by atoms with Crippen LogP contribution in [0.4, 0.5) is 11.6 Å². The second-order valence-corrected chi connectivity index (χ2v) is 6.04. The molecule has 0 aliphatic carbocycles. The van der Waals surface area contributed by atoms with Crippen molar-refractivity contribution >= 4 is 27.9 Å². The van der Waals surface area contributed by atoms with E-state index < -0.39 is 0 Å². The molecule has 1 aliphatic rings. The lowest BCUT2D eigenvalue weighted by atomic mass is 9.99. The molecule has 1 aliphatic heterocycles. The third-order valence-corrected chi connectivity index (χ3v) is 4.44. The van der Waals surface area contributed by atoms with Gasteiger partial charge in [-0.25, -0.2) is 0 Å². The Morgan fingerprint density at radius 2 is 2.55 bits per heavy atom. The molecule has 20 heavy (non-hydrogen) atoms. The Balaban J connectivity index is 1.86. The molecule has 0 radical (unpaired) electrons. The number of imidazole rings is 1. The lowest BCUT2D eigenvalue weighted by Gasteiger charge is -2.27. The van der Waals surface area contributed by atoms with Gasteiger partial charge in [-0.15, -0.1) is 0 Å². The number of piperidine rings is 1. The van der Waals surface area contributed by atoms with E-state index in [-0.39, 0.29) is 10.7 Å². The van der Waals surface area contributed by atoms with Crippen molar-refractivity contribution in [3.63, 3.8) is 0 Å². The molecular formula is C12H17N5O2S. The zero-order valence-corrected chi connectivity index (χ0v) is 12.1. The van der Waals surface area contributed by atoms with Gasteiger partial charge in [-0.3, -0.25) is 0 Å². The van der Waals surface area contributed by atoms with Crippen molar-refractivity contribution < 1.29 is 4.92 Å². The van der Waals surface area contributed by atoms with Gasteiger partial charge in [-0.2, -0.15) is 9.38 Å². The summed E-state index contributed by atoms with van der Waals surface area (Å²) in [7, 11) is 1.88. The maximum Gasteiger partial charge on any atom is 0.373 e. The Labute approximate surface area is 120 Å². The lowest BCUT2D eigenvalue weighted by molar-refractivity contribution is -0.389. The van der Waals surface area contributed by atoms with Crippen molar-refractivity contribution in [1.82, 2.24) is 14.7 Å². The number of nitro groups is 1. The molecule has 2 aromatic heterocycles. The fourth-order valence-electron chi connectivity index (χ4n) is 2.74. The summed E-state index contributed by atoms with van der Waals surface area (Å²) in [5.41, 5.74) is 0. The number of hydrogen-bond donors (Lipinski definition) is 1. The van der Waals surface area contributed by atoms with Crippen molar-refractivity contribution in [1.29, 1.82) is 0 Å². The molecule has 1 unspecified atom stereocenters. The summed E-state index contributed by atoms with van der Waals surface area (Å²) in [6.45, 7) is 2.83. The molecule has 0 amide bonds. The van der Waals surface area contributed by atoms with Gasteiger partial charge in [0, 0.05) is 19.0 Å². The first-order chi connectivity index (χ1) is 9.66. The number of hydrogen-bond acceptors (Lipinski definition) is 6. The van der Waals surface area contributed by atoms with Gasteiger partial charge >= 0.3 is 5.82 Å². The third-order valence-electron chi connectivity index (χ3n) is 3.68. The highest BCUT2D eigenvalue weighted by molar-refractivity contribution is 7.15. The van der Waals surface area contributed by atoms with Gasteiger partial charge in [0.25, 0.3) is 4.96 Å². The second kappa shape index (κ2) is 5.37. The van der Waals surface area contributed by atoms with Gasteiger partial charge in [-0.05, 0) is 36.8 Å². The molecule has 1 saturated heterocycles. The van der Waals surface area contributed by atoms with Gasteiger partial charge in [0.2, 0.25) is 5.82 Å². The van der Waals surface area contributed by atoms with Gasteiger partial charge in [0.15, 0.2) is 0 Å². The van der Waals surface area contributed by atoms with Gasteiger partial charge in [-0.1, -0.05) is 11.3 Å². The van der Waals surface area contributed by atoms with Gasteiger partial charge in [0.1, 0.15) is 6.20 Å². The number of rotatable bonds is 4. The topological polar surface area (TPSA) is 75.7 Å². The molecule has 0 spiro atoms. The predicted octanol–water partition coefficient (Wildman–Crippen LogP) is 1.74. The Bertz CT molecular complexity index is 616. The Hall–Kier alpha value is -1.67. The maximum absolute atomic E-state index is 11.3. The van der Waals surface area contributed by atoms with Crippen molar-refractivity contribution in [3.05, 3.63) is 21.7 Å². The normalized spacial score (nSPS) is 19.4. The number of nitrogens with one attached hydrogen (secondary N) is 1. The first-order valence-electron chi connectivity index (χ1n) is 6.68. The fourth-order valence-corrected chi connectivity index (χ4v) is 3.45. The molecule has 108 valence electrons. The Morgan fingerprint density at radius 3 is 3.25 bits per heavy atom. The summed E-state index contributed by atoms with van der Waals surface area (Å²) in [5, 5.41) is 16.5. The van der Waals surface area contributed by atoms with Crippen LogP contribution in [0.25, 0.3) is 4.96 Å². The number of anilines is 1. The van der Waals surface area contributed by atoms with E-state index in [1.165, 1.54) is 17.8 Å². The number of aromatic nitrogens is 2. The SMILES string of the molecule is CN(CC1CCCNC1)c1nc2sccn2c1[N+](=O)[O-]. The first-order valence-corrected chi connectivity index (χ1v) is 7.56. The molecule has 0 aromatic carbocycles. The average Bonchev–Trinajstić information content (AvgIpc) is 2.98. The number of fused-ring (bicyclic) bond motifs is 1. The van der Waals surface area contributed by atoms with E-state index in [9.17, 15) is 10.1 Å². The molecule has 2 aromatic rings. The lowest BCUT2D eigenvalue weighted by Crippen LogP contribution is -2.37. The van der Waals surface area contributed by atoms with Crippen LogP contribution in [0.2, 0.25) is 0 Å². The molecule has 1 atom stereocenters. The Morgan fingerprint density at radius 1 is 1.70 bits per heavy atom. The molecule has 1 N–H and O–H groups in total. The first kappa shape index (κ1) is 13.3. The summed E-state index contributed by atoms with van der Waals surface area (Å²) in [5.74, 6) is 1.05. The smallest absolute Gasteiger partial charge is 0.358 e. The maximum atomic E-state index is 11.3. The van der Waals surface area contributed by atoms with Crippen LogP contribution in [0.3, 0.4) is 0 Å². The van der Waals surface area contributed by atoms with Crippen LogP contribution in [-0.2, 0) is 0 Å². The summed E-state index contributed by atoms with van der Waals surface area (Å²) < 4.78 is 1.55. The van der Waals surface area contributed by atoms with Crippen molar-refractivity contribution in [2.45, 2.75) is 12.8 Å². The van der Waals surface area contributed by atoms with E-state index in [0.717, 1.165) is 26.1 Å².